The third-order valence-corrected chi connectivity index (χ3v) is 1.48. The van der Waals surface area contributed by atoms with E-state index >= 15 is 0 Å². The molecule has 0 unspecified atom stereocenters. The lowest BCUT2D eigenvalue weighted by Crippen LogP contribution is -2.26. The number of ether oxygens (including phenoxy) is 1. The van der Waals surface area contributed by atoms with E-state index in [9.17, 15) is 4.79 Å². The van der Waals surface area contributed by atoms with Crippen molar-refractivity contribution in [1.29, 1.82) is 0 Å². The lowest BCUT2D eigenvalue weighted by Gasteiger charge is -2.22. The minimum atomic E-state index is -0.251. The molecule has 0 atom stereocenters. The number of rotatable bonds is 2. The van der Waals surface area contributed by atoms with Gasteiger partial charge < -0.3 is 4.74 Å². The largest absolute Gasteiger partial charge is 0.465 e. The van der Waals surface area contributed by atoms with Crippen LogP contribution in [-0.2, 0) is 4.74 Å². The first kappa shape index (κ1) is 8.69. The van der Waals surface area contributed by atoms with Gasteiger partial charge in [0.25, 0.3) is 5.59 Å². The van der Waals surface area contributed by atoms with Gasteiger partial charge in [-0.05, 0) is 20.3 Å². The van der Waals surface area contributed by atoms with Crippen LogP contribution in [0.1, 0.15) is 27.2 Å². The fourth-order valence-corrected chi connectivity index (χ4v) is 1.01. The predicted molar refractivity (Wildman–Crippen MR) is 40.8 cm³/mol. The van der Waals surface area contributed by atoms with Gasteiger partial charge in [0, 0.05) is 0 Å². The van der Waals surface area contributed by atoms with Crippen LogP contribution >= 0.6 is 0 Å². The van der Waals surface area contributed by atoms with Crippen molar-refractivity contribution in [3.63, 3.8) is 0 Å². The van der Waals surface area contributed by atoms with Gasteiger partial charge in [0.15, 0.2) is 0 Å². The number of carbonyl (C=O) groups excluding carboxylic acids is 1. The number of hydrogen-bond acceptors (Lipinski definition) is 2. The van der Waals surface area contributed by atoms with Crippen LogP contribution in [-0.4, -0.2) is 21.4 Å². The molecule has 9 heavy (non-hydrogen) atoms. The molecule has 2 nitrogen and oxygen atoms in total. The zero-order chi connectivity index (χ0) is 7.49. The van der Waals surface area contributed by atoms with E-state index in [2.05, 4.69) is 0 Å². The molecule has 54 valence electrons. The van der Waals surface area contributed by atoms with Crippen molar-refractivity contribution in [2.24, 2.45) is 0 Å². The van der Waals surface area contributed by atoms with Crippen LogP contribution in [0.5, 0.6) is 0 Å². The molecular formula is C6H14O2Si. The minimum absolute atomic E-state index is 0.0677. The first-order valence-corrected chi connectivity index (χ1v) is 4.17. The Hall–Kier alpha value is -0.313. The molecule has 0 heterocycles. The molecule has 0 fully saturated rings. The molecule has 0 N–H and O–H groups in total. The van der Waals surface area contributed by atoms with Gasteiger partial charge in [-0.25, -0.2) is 0 Å². The summed E-state index contributed by atoms with van der Waals surface area (Å²) in [5.41, 5.74) is -0.319. The van der Waals surface area contributed by atoms with Gasteiger partial charge in [0.05, 0.1) is 0 Å². The molecule has 0 spiro atoms. The third-order valence-electron chi connectivity index (χ3n) is 1.27. The molecule has 0 saturated carbocycles. The molecule has 0 rings (SSSR count). The Kier molecular flexibility index (Phi) is 2.90. The van der Waals surface area contributed by atoms with Gasteiger partial charge in [0.1, 0.15) is 15.8 Å². The summed E-state index contributed by atoms with van der Waals surface area (Å²) < 4.78 is 5.01. The highest BCUT2D eigenvalue weighted by molar-refractivity contribution is 6.55. The van der Waals surface area contributed by atoms with Crippen LogP contribution < -0.4 is 0 Å². The van der Waals surface area contributed by atoms with E-state index < -0.39 is 0 Å². The minimum Gasteiger partial charge on any atom is -0.465 e. The first-order valence-electron chi connectivity index (χ1n) is 3.17. The van der Waals surface area contributed by atoms with Crippen LogP contribution in [0.4, 0.5) is 4.79 Å². The first-order chi connectivity index (χ1) is 3.98. The summed E-state index contributed by atoms with van der Waals surface area (Å²) >= 11 is 0. The molecule has 0 bridgehead atoms. The molecule has 0 amide bonds. The van der Waals surface area contributed by atoms with Crippen LogP contribution in [0.25, 0.3) is 0 Å². The monoisotopic (exact) mass is 146 g/mol. The van der Waals surface area contributed by atoms with Gasteiger partial charge in [-0.2, -0.15) is 0 Å². The fraction of sp³-hybridized carbons (Fsp3) is 0.833. The van der Waals surface area contributed by atoms with E-state index in [-0.39, 0.29) is 11.2 Å². The molecule has 0 aromatic rings. The fourth-order valence-electron chi connectivity index (χ4n) is 0.461. The van der Waals surface area contributed by atoms with E-state index in [0.717, 1.165) is 6.42 Å². The molecule has 0 aromatic heterocycles. The van der Waals surface area contributed by atoms with Crippen LogP contribution in [0.2, 0.25) is 0 Å². The second kappa shape index (κ2) is 3.01. The van der Waals surface area contributed by atoms with Gasteiger partial charge in [-0.3, -0.25) is 4.79 Å². The van der Waals surface area contributed by atoms with Crippen molar-refractivity contribution in [3.8, 4) is 0 Å². The SMILES string of the molecule is CCC(C)(C)OC(=O)[SiH3]. The molecule has 0 aliphatic heterocycles. The summed E-state index contributed by atoms with van der Waals surface area (Å²) in [6.45, 7) is 5.84. The highest BCUT2D eigenvalue weighted by atomic mass is 28.1. The third kappa shape index (κ3) is 4.21. The van der Waals surface area contributed by atoms with Crippen molar-refractivity contribution < 1.29 is 9.53 Å². The van der Waals surface area contributed by atoms with E-state index in [4.69, 9.17) is 4.74 Å². The Morgan fingerprint density at radius 3 is 2.22 bits per heavy atom. The molecule has 3 heteroatoms. The topological polar surface area (TPSA) is 26.3 Å². The Labute approximate surface area is 59.0 Å². The maximum Gasteiger partial charge on any atom is 0.260 e. The van der Waals surface area contributed by atoms with Crippen LogP contribution in [0, 0.1) is 0 Å². The molecular weight excluding hydrogens is 132 g/mol. The Morgan fingerprint density at radius 1 is 1.67 bits per heavy atom. The average molecular weight is 146 g/mol. The van der Waals surface area contributed by atoms with E-state index in [1.165, 1.54) is 0 Å². The Balaban J connectivity index is 3.71. The lowest BCUT2D eigenvalue weighted by molar-refractivity contribution is 0.0542. The van der Waals surface area contributed by atoms with Crippen molar-refractivity contribution in [2.45, 2.75) is 32.8 Å². The van der Waals surface area contributed by atoms with Crippen molar-refractivity contribution in [3.05, 3.63) is 0 Å². The normalized spacial score (nSPS) is 11.4. The average Bonchev–Trinajstić information content (AvgIpc) is 1.63. The van der Waals surface area contributed by atoms with Crippen LogP contribution in [0.15, 0.2) is 0 Å². The summed E-state index contributed by atoms with van der Waals surface area (Å²) in [6, 6.07) is 0. The van der Waals surface area contributed by atoms with E-state index in [0.29, 0.717) is 10.2 Å². The maximum atomic E-state index is 10.5. The van der Waals surface area contributed by atoms with Crippen LogP contribution in [0.3, 0.4) is 0 Å². The number of hydrogen-bond donors (Lipinski definition) is 0. The second-order valence-corrected chi connectivity index (χ2v) is 3.52. The number of carbonyl (C=O) groups is 1. The van der Waals surface area contributed by atoms with Gasteiger partial charge >= 0.3 is 0 Å². The van der Waals surface area contributed by atoms with Crippen molar-refractivity contribution in [1.82, 2.24) is 0 Å². The smallest absolute Gasteiger partial charge is 0.260 e. The Morgan fingerprint density at radius 2 is 2.11 bits per heavy atom. The summed E-state index contributed by atoms with van der Waals surface area (Å²) in [5.74, 6) is 0. The molecule has 0 radical (unpaired) electrons. The van der Waals surface area contributed by atoms with Crippen molar-refractivity contribution in [2.75, 3.05) is 0 Å². The Bertz CT molecular complexity index is 110. The molecule has 0 saturated heterocycles. The second-order valence-electron chi connectivity index (χ2n) is 2.71. The molecule has 0 aliphatic rings. The standard InChI is InChI=1S/C6H14O2Si/c1-4-6(2,3)8-5(7)9/h4H2,1-3,9H3. The van der Waals surface area contributed by atoms with Gasteiger partial charge in [-0.1, -0.05) is 6.92 Å². The predicted octanol–water partition coefficient (Wildman–Crippen LogP) is 0.677. The lowest BCUT2D eigenvalue weighted by atomic mass is 10.1. The highest BCUT2D eigenvalue weighted by Gasteiger charge is 2.16. The van der Waals surface area contributed by atoms with Crippen molar-refractivity contribution >= 4 is 15.8 Å². The highest BCUT2D eigenvalue weighted by Crippen LogP contribution is 2.12. The summed E-state index contributed by atoms with van der Waals surface area (Å²) in [7, 11) is 0.493. The van der Waals surface area contributed by atoms with Gasteiger partial charge in [0.2, 0.25) is 0 Å². The maximum absolute atomic E-state index is 10.5. The summed E-state index contributed by atoms with van der Waals surface area (Å²) in [6.07, 6.45) is 0.876. The summed E-state index contributed by atoms with van der Waals surface area (Å²) in [4.78, 5) is 10.5. The van der Waals surface area contributed by atoms with E-state index in [1.807, 2.05) is 20.8 Å². The zero-order valence-electron chi connectivity index (χ0n) is 6.52. The molecule has 0 aromatic carbocycles. The quantitative estimate of drug-likeness (QED) is 0.535. The van der Waals surface area contributed by atoms with E-state index in [1.54, 1.807) is 0 Å². The molecule has 0 aliphatic carbocycles. The summed E-state index contributed by atoms with van der Waals surface area (Å²) in [5, 5.41) is 0. The zero-order valence-corrected chi connectivity index (χ0v) is 8.52. The van der Waals surface area contributed by atoms with Gasteiger partial charge in [-0.15, -0.1) is 0 Å².